The fourth-order valence-corrected chi connectivity index (χ4v) is 5.80. The van der Waals surface area contributed by atoms with Crippen LogP contribution in [0.3, 0.4) is 0 Å². The van der Waals surface area contributed by atoms with Crippen molar-refractivity contribution in [3.63, 3.8) is 0 Å². The average molecular weight is 585 g/mol. The van der Waals surface area contributed by atoms with Gasteiger partial charge in [-0.3, -0.25) is 9.89 Å². The van der Waals surface area contributed by atoms with Gasteiger partial charge in [0, 0.05) is 18.4 Å². The molecular weight excluding hydrogens is 556 g/mol. The highest BCUT2D eigenvalue weighted by Gasteiger charge is 2.27. The zero-order valence-corrected chi connectivity index (χ0v) is 23.0. The highest BCUT2D eigenvalue weighted by Crippen LogP contribution is 2.38. The van der Waals surface area contributed by atoms with Crippen LogP contribution in [0.1, 0.15) is 36.4 Å². The molecular formula is C28H29ClN4O6S. The van der Waals surface area contributed by atoms with E-state index in [0.717, 1.165) is 19.3 Å². The number of sulfonamides is 1. The van der Waals surface area contributed by atoms with E-state index in [9.17, 15) is 18.0 Å². The van der Waals surface area contributed by atoms with Crippen LogP contribution in [0, 0.1) is 0 Å². The maximum Gasteiger partial charge on any atom is 0.341 e. The summed E-state index contributed by atoms with van der Waals surface area (Å²) < 4.78 is 34.5. The number of hydrogen-bond acceptors (Lipinski definition) is 6. The number of rotatable bonds is 14. The van der Waals surface area contributed by atoms with Crippen LogP contribution in [0.5, 0.6) is 5.75 Å². The summed E-state index contributed by atoms with van der Waals surface area (Å²) in [5.41, 5.74) is 1.89. The third kappa shape index (κ3) is 7.59. The van der Waals surface area contributed by atoms with Crippen LogP contribution < -0.4 is 14.8 Å². The van der Waals surface area contributed by atoms with Crippen molar-refractivity contribution in [1.29, 1.82) is 0 Å². The monoisotopic (exact) mass is 584 g/mol. The van der Waals surface area contributed by atoms with Gasteiger partial charge in [0.1, 0.15) is 5.52 Å². The van der Waals surface area contributed by atoms with Crippen molar-refractivity contribution < 1.29 is 27.9 Å². The van der Waals surface area contributed by atoms with Crippen molar-refractivity contribution >= 4 is 44.4 Å². The second-order valence-corrected chi connectivity index (χ2v) is 11.2. The maximum atomic E-state index is 13.2. The van der Waals surface area contributed by atoms with Gasteiger partial charge in [0.05, 0.1) is 22.2 Å². The fraction of sp³-hybridized carbons (Fsp3) is 0.250. The Bertz CT molecular complexity index is 1560. The number of unbranched alkanes of at least 4 members (excludes halogenated alkanes) is 1. The minimum atomic E-state index is -4.02. The summed E-state index contributed by atoms with van der Waals surface area (Å²) in [6, 6.07) is 18.3. The van der Waals surface area contributed by atoms with E-state index in [1.165, 1.54) is 30.0 Å². The number of benzene rings is 3. The Labute approximate surface area is 236 Å². The van der Waals surface area contributed by atoms with Crippen molar-refractivity contribution in [2.75, 3.05) is 13.2 Å². The number of carbonyl (C=O) groups is 2. The molecule has 0 aliphatic heterocycles. The lowest BCUT2D eigenvalue weighted by atomic mass is 10.00. The van der Waals surface area contributed by atoms with E-state index in [1.807, 2.05) is 18.2 Å². The molecule has 1 amide bonds. The van der Waals surface area contributed by atoms with Crippen LogP contribution in [0.25, 0.3) is 10.9 Å². The van der Waals surface area contributed by atoms with Gasteiger partial charge in [-0.15, -0.1) is 0 Å². The lowest BCUT2D eigenvalue weighted by molar-refractivity contribution is -0.139. The molecule has 0 aliphatic rings. The van der Waals surface area contributed by atoms with E-state index in [1.54, 1.807) is 18.2 Å². The predicted octanol–water partition coefficient (Wildman–Crippen LogP) is 4.23. The summed E-state index contributed by atoms with van der Waals surface area (Å²) in [6.45, 7) is -0.197. The third-order valence-corrected chi connectivity index (χ3v) is 7.96. The number of fused-ring (bicyclic) bond motifs is 1. The Morgan fingerprint density at radius 3 is 2.45 bits per heavy atom. The number of aryl methyl sites for hydroxylation is 1. The largest absolute Gasteiger partial charge is 0.479 e. The summed E-state index contributed by atoms with van der Waals surface area (Å²) >= 11 is 6.44. The minimum Gasteiger partial charge on any atom is -0.479 e. The van der Waals surface area contributed by atoms with Crippen molar-refractivity contribution in [3.8, 4) is 5.75 Å². The molecule has 0 radical (unpaired) electrons. The van der Waals surface area contributed by atoms with E-state index in [0.29, 0.717) is 17.5 Å². The first-order chi connectivity index (χ1) is 19.2. The fourth-order valence-electron chi connectivity index (χ4n) is 4.29. The highest BCUT2D eigenvalue weighted by atomic mass is 35.5. The van der Waals surface area contributed by atoms with Gasteiger partial charge in [0.15, 0.2) is 12.4 Å². The Morgan fingerprint density at radius 1 is 1.05 bits per heavy atom. The van der Waals surface area contributed by atoms with E-state index >= 15 is 0 Å². The van der Waals surface area contributed by atoms with E-state index < -0.39 is 28.6 Å². The van der Waals surface area contributed by atoms with Crippen LogP contribution in [0.15, 0.2) is 77.8 Å². The molecule has 12 heteroatoms. The number of amides is 1. The first-order valence-electron chi connectivity index (χ1n) is 12.6. The van der Waals surface area contributed by atoms with Gasteiger partial charge >= 0.3 is 5.97 Å². The quantitative estimate of drug-likeness (QED) is 0.162. The first kappa shape index (κ1) is 29.1. The van der Waals surface area contributed by atoms with Gasteiger partial charge < -0.3 is 15.2 Å². The van der Waals surface area contributed by atoms with Crippen LogP contribution in [0.4, 0.5) is 0 Å². The summed E-state index contributed by atoms with van der Waals surface area (Å²) in [4.78, 5) is 24.1. The molecule has 0 saturated heterocycles. The summed E-state index contributed by atoms with van der Waals surface area (Å²) in [5, 5.41) is 19.1. The van der Waals surface area contributed by atoms with Gasteiger partial charge in [0.2, 0.25) is 15.9 Å². The van der Waals surface area contributed by atoms with Crippen molar-refractivity contribution in [2.24, 2.45) is 0 Å². The van der Waals surface area contributed by atoms with E-state index in [4.69, 9.17) is 21.4 Å². The van der Waals surface area contributed by atoms with Crippen molar-refractivity contribution in [2.45, 2.75) is 36.6 Å². The topological polar surface area (TPSA) is 150 Å². The lowest BCUT2D eigenvalue weighted by Crippen LogP contribution is -2.34. The van der Waals surface area contributed by atoms with Gasteiger partial charge in [-0.05, 0) is 48.6 Å². The first-order valence-corrected chi connectivity index (χ1v) is 14.5. The number of nitrogens with zero attached hydrogens (tertiary/aromatic N) is 1. The van der Waals surface area contributed by atoms with Crippen LogP contribution >= 0.6 is 11.6 Å². The molecule has 0 bridgehead atoms. The average Bonchev–Trinajstić information content (AvgIpc) is 3.42. The summed E-state index contributed by atoms with van der Waals surface area (Å²) in [5.74, 6) is -1.48. The SMILES string of the molecule is O=C(O)COc1c(Cl)cc(C(CC(=O)NCCCCc2ccccc2)NS(=O)(=O)c2ccccc2)c2cn[nH]c12. The Balaban J connectivity index is 1.54. The van der Waals surface area contributed by atoms with Gasteiger partial charge in [-0.1, -0.05) is 60.1 Å². The number of H-pyrrole nitrogens is 1. The zero-order chi connectivity index (χ0) is 28.5. The molecule has 10 nitrogen and oxygen atoms in total. The minimum absolute atomic E-state index is 0.0391. The van der Waals surface area contributed by atoms with E-state index in [2.05, 4.69) is 32.4 Å². The smallest absolute Gasteiger partial charge is 0.341 e. The number of hydrogen-bond donors (Lipinski definition) is 4. The summed E-state index contributed by atoms with van der Waals surface area (Å²) in [6.07, 6.45) is 3.77. The Morgan fingerprint density at radius 2 is 1.75 bits per heavy atom. The zero-order valence-electron chi connectivity index (χ0n) is 21.5. The van der Waals surface area contributed by atoms with Gasteiger partial charge in [-0.2, -0.15) is 5.10 Å². The molecule has 4 aromatic rings. The molecule has 1 unspecified atom stereocenters. The number of halogens is 1. The Kier molecular flexibility index (Phi) is 9.75. The number of aliphatic carboxylic acids is 1. The van der Waals surface area contributed by atoms with Crippen LogP contribution in [0.2, 0.25) is 5.02 Å². The molecule has 4 N–H and O–H groups in total. The molecule has 1 aromatic heterocycles. The number of aromatic amines is 1. The molecule has 40 heavy (non-hydrogen) atoms. The predicted molar refractivity (Wildman–Crippen MR) is 151 cm³/mol. The molecule has 0 spiro atoms. The van der Waals surface area contributed by atoms with E-state index in [-0.39, 0.29) is 33.5 Å². The second-order valence-electron chi connectivity index (χ2n) is 9.10. The van der Waals surface area contributed by atoms with Crippen LogP contribution in [-0.2, 0) is 26.0 Å². The molecule has 1 atom stereocenters. The molecule has 1 heterocycles. The third-order valence-electron chi connectivity index (χ3n) is 6.19. The second kappa shape index (κ2) is 13.4. The van der Waals surface area contributed by atoms with Crippen molar-refractivity contribution in [3.05, 3.63) is 89.1 Å². The number of carbonyl (C=O) groups excluding carboxylic acids is 1. The molecule has 0 aliphatic carbocycles. The lowest BCUT2D eigenvalue weighted by Gasteiger charge is -2.21. The van der Waals surface area contributed by atoms with Crippen molar-refractivity contribution in [1.82, 2.24) is 20.2 Å². The highest BCUT2D eigenvalue weighted by molar-refractivity contribution is 7.89. The number of nitrogens with one attached hydrogen (secondary N) is 3. The number of carboxylic acids is 1. The standard InChI is InChI=1S/C28H29ClN4O6S/c29-23-15-21(22-17-31-32-27(22)28(23)39-18-26(35)36)24(33-40(37,38)20-12-5-2-6-13-20)16-25(34)30-14-8-7-11-19-9-3-1-4-10-19/h1-6,9-10,12-13,15,17,24,33H,7-8,11,14,16,18H2,(H,30,34)(H,31,32)(H,35,36). The molecule has 4 rings (SSSR count). The molecule has 0 fully saturated rings. The number of ether oxygens (including phenoxy) is 1. The van der Waals surface area contributed by atoms with Gasteiger partial charge in [-0.25, -0.2) is 17.9 Å². The normalized spacial score (nSPS) is 12.2. The maximum absolute atomic E-state index is 13.2. The molecule has 0 saturated carbocycles. The number of aromatic nitrogens is 2. The number of carboxylic acid groups (broad SMARTS) is 1. The molecule has 3 aromatic carbocycles. The Hall–Kier alpha value is -3.93. The summed E-state index contributed by atoms with van der Waals surface area (Å²) in [7, 11) is -4.02. The molecule has 210 valence electrons. The van der Waals surface area contributed by atoms with Gasteiger partial charge in [0.25, 0.3) is 0 Å². The van der Waals surface area contributed by atoms with Crippen LogP contribution in [-0.4, -0.2) is 48.7 Å².